The molecule has 0 amide bonds. The van der Waals surface area contributed by atoms with Gasteiger partial charge in [-0.1, -0.05) is 18.2 Å². The molecule has 0 atom stereocenters. The summed E-state index contributed by atoms with van der Waals surface area (Å²) in [5.74, 6) is -0.247. The summed E-state index contributed by atoms with van der Waals surface area (Å²) in [5.41, 5.74) is 5.10. The highest BCUT2D eigenvalue weighted by Crippen LogP contribution is 2.20. The van der Waals surface area contributed by atoms with E-state index in [1.807, 2.05) is 24.5 Å². The van der Waals surface area contributed by atoms with Gasteiger partial charge >= 0.3 is 0 Å². The number of halogens is 1. The summed E-state index contributed by atoms with van der Waals surface area (Å²) in [6, 6.07) is 10.5. The monoisotopic (exact) mass is 352 g/mol. The van der Waals surface area contributed by atoms with Crippen LogP contribution in [-0.4, -0.2) is 26.4 Å². The van der Waals surface area contributed by atoms with Crippen LogP contribution in [0, 0.1) is 10.6 Å². The van der Waals surface area contributed by atoms with Gasteiger partial charge in [0.1, 0.15) is 5.82 Å². The molecule has 1 aliphatic rings. The maximum absolute atomic E-state index is 13.3. The normalized spacial score (nSPS) is 14.3. The van der Waals surface area contributed by atoms with Gasteiger partial charge in [0.25, 0.3) is 0 Å². The van der Waals surface area contributed by atoms with Crippen molar-refractivity contribution in [1.29, 1.82) is 0 Å². The Kier molecular flexibility index (Phi) is 4.38. The zero-order valence-corrected chi connectivity index (χ0v) is 14.4. The van der Waals surface area contributed by atoms with E-state index in [9.17, 15) is 4.39 Å². The predicted octanol–water partition coefficient (Wildman–Crippen LogP) is 3.90. The Morgan fingerprint density at radius 1 is 1.16 bits per heavy atom. The smallest absolute Gasteiger partial charge is 0.196 e. The molecule has 4 nitrogen and oxygen atoms in total. The van der Waals surface area contributed by atoms with Crippen LogP contribution in [0.3, 0.4) is 0 Å². The maximum Gasteiger partial charge on any atom is 0.196 e. The number of hydrogen-bond acceptors (Lipinski definition) is 4. The zero-order valence-electron chi connectivity index (χ0n) is 13.6. The van der Waals surface area contributed by atoms with Crippen LogP contribution in [0.1, 0.15) is 16.8 Å². The van der Waals surface area contributed by atoms with E-state index in [-0.39, 0.29) is 5.82 Å². The molecule has 0 radical (unpaired) electrons. The third-order valence-electron chi connectivity index (χ3n) is 4.41. The van der Waals surface area contributed by atoms with Crippen molar-refractivity contribution < 1.29 is 4.39 Å². The summed E-state index contributed by atoms with van der Waals surface area (Å²) in [5, 5.41) is 0. The largest absolute Gasteiger partial charge is 0.334 e. The minimum Gasteiger partial charge on any atom is -0.334 e. The molecule has 2 aromatic heterocycles. The minimum atomic E-state index is -0.247. The molecule has 0 aliphatic carbocycles. The van der Waals surface area contributed by atoms with E-state index in [2.05, 4.69) is 25.9 Å². The van der Waals surface area contributed by atoms with Crippen LogP contribution in [0.15, 0.2) is 48.8 Å². The quantitative estimate of drug-likeness (QED) is 0.726. The first-order valence-corrected chi connectivity index (χ1v) is 8.58. The maximum atomic E-state index is 13.3. The topological polar surface area (TPSA) is 44.8 Å². The minimum absolute atomic E-state index is 0.247. The second-order valence-corrected chi connectivity index (χ2v) is 6.60. The van der Waals surface area contributed by atoms with Crippen LogP contribution in [0.2, 0.25) is 0 Å². The van der Waals surface area contributed by atoms with Gasteiger partial charge in [-0.15, -0.1) is 0 Å². The van der Waals surface area contributed by atoms with E-state index in [1.54, 1.807) is 6.07 Å². The molecule has 1 N–H and O–H groups in total. The van der Waals surface area contributed by atoms with Crippen molar-refractivity contribution in [1.82, 2.24) is 19.9 Å². The fraction of sp³-hybridized carbons (Fsp3) is 0.211. The third kappa shape index (κ3) is 3.65. The van der Waals surface area contributed by atoms with Gasteiger partial charge in [0.15, 0.2) is 4.77 Å². The second-order valence-electron chi connectivity index (χ2n) is 6.21. The van der Waals surface area contributed by atoms with E-state index >= 15 is 0 Å². The number of rotatable bonds is 3. The van der Waals surface area contributed by atoms with Gasteiger partial charge < -0.3 is 4.98 Å². The number of aromatic amines is 1. The highest BCUT2D eigenvalue weighted by molar-refractivity contribution is 7.71. The fourth-order valence-corrected chi connectivity index (χ4v) is 3.31. The first-order valence-electron chi connectivity index (χ1n) is 8.18. The molecular weight excluding hydrogens is 335 g/mol. The molecular formula is C19H17FN4S. The van der Waals surface area contributed by atoms with Gasteiger partial charge in [-0.3, -0.25) is 9.88 Å². The van der Waals surface area contributed by atoms with Crippen molar-refractivity contribution in [2.75, 3.05) is 6.54 Å². The van der Waals surface area contributed by atoms with E-state index in [4.69, 9.17) is 12.2 Å². The molecule has 25 heavy (non-hydrogen) atoms. The highest BCUT2D eigenvalue weighted by atomic mass is 32.1. The molecule has 3 aromatic rings. The molecule has 3 heterocycles. The van der Waals surface area contributed by atoms with E-state index < -0.39 is 0 Å². The number of nitrogens with one attached hydrogen (secondary N) is 1. The molecule has 0 spiro atoms. The van der Waals surface area contributed by atoms with E-state index in [1.165, 1.54) is 23.4 Å². The Morgan fingerprint density at radius 3 is 2.88 bits per heavy atom. The van der Waals surface area contributed by atoms with E-state index in [0.29, 0.717) is 4.77 Å². The molecule has 0 saturated heterocycles. The predicted molar refractivity (Wildman–Crippen MR) is 96.9 cm³/mol. The lowest BCUT2D eigenvalue weighted by molar-refractivity contribution is 0.242. The summed E-state index contributed by atoms with van der Waals surface area (Å²) in [7, 11) is 0. The SMILES string of the molecule is Fc1cccc(-c2ccc(CN3CCc4[nH]c(=S)ncc4C3)cn2)c1. The van der Waals surface area contributed by atoms with Crippen LogP contribution < -0.4 is 0 Å². The number of pyridine rings is 1. The lowest BCUT2D eigenvalue weighted by Crippen LogP contribution is -2.30. The van der Waals surface area contributed by atoms with Crippen molar-refractivity contribution in [3.8, 4) is 11.3 Å². The molecule has 0 unspecified atom stereocenters. The Morgan fingerprint density at radius 2 is 2.08 bits per heavy atom. The molecule has 1 aliphatic heterocycles. The molecule has 4 rings (SSSR count). The first kappa shape index (κ1) is 16.1. The lowest BCUT2D eigenvalue weighted by Gasteiger charge is -2.28. The Labute approximate surface area is 150 Å². The Balaban J connectivity index is 1.47. The van der Waals surface area contributed by atoms with E-state index in [0.717, 1.165) is 42.9 Å². The van der Waals surface area contributed by atoms with Crippen LogP contribution >= 0.6 is 12.2 Å². The van der Waals surface area contributed by atoms with Gasteiger partial charge in [-0.25, -0.2) is 9.37 Å². The van der Waals surface area contributed by atoms with Crippen LogP contribution in [0.25, 0.3) is 11.3 Å². The second kappa shape index (κ2) is 6.82. The Hall–Kier alpha value is -2.44. The molecule has 0 bridgehead atoms. The van der Waals surface area contributed by atoms with Crippen molar-refractivity contribution in [3.05, 3.63) is 76.2 Å². The van der Waals surface area contributed by atoms with Gasteiger partial charge in [-0.2, -0.15) is 0 Å². The summed E-state index contributed by atoms with van der Waals surface area (Å²) in [6.07, 6.45) is 4.67. The molecule has 126 valence electrons. The van der Waals surface area contributed by atoms with Gasteiger partial charge in [-0.05, 0) is 36.0 Å². The summed E-state index contributed by atoms with van der Waals surface area (Å²) in [4.78, 5) is 14.2. The standard InChI is InChI=1S/C19H17FN4S/c20-16-3-1-2-14(8-16)17-5-4-13(9-21-17)11-24-7-6-18-15(12-24)10-22-19(25)23-18/h1-5,8-10H,6-7,11-12H2,(H,22,23,25). The highest BCUT2D eigenvalue weighted by Gasteiger charge is 2.17. The number of hydrogen-bond donors (Lipinski definition) is 1. The summed E-state index contributed by atoms with van der Waals surface area (Å²) < 4.78 is 13.9. The number of benzene rings is 1. The number of fused-ring (bicyclic) bond motifs is 1. The average molecular weight is 352 g/mol. The molecule has 1 aromatic carbocycles. The van der Waals surface area contributed by atoms with Gasteiger partial charge in [0.2, 0.25) is 0 Å². The van der Waals surface area contributed by atoms with Crippen molar-refractivity contribution in [3.63, 3.8) is 0 Å². The fourth-order valence-electron chi connectivity index (χ4n) is 3.14. The summed E-state index contributed by atoms with van der Waals surface area (Å²) in [6.45, 7) is 2.64. The average Bonchev–Trinajstić information content (AvgIpc) is 2.62. The number of nitrogens with zero attached hydrogens (tertiary/aromatic N) is 3. The zero-order chi connectivity index (χ0) is 17.2. The van der Waals surface area contributed by atoms with Crippen LogP contribution in [0.5, 0.6) is 0 Å². The Bertz CT molecular complexity index is 952. The van der Waals surface area contributed by atoms with Crippen molar-refractivity contribution >= 4 is 12.2 Å². The lowest BCUT2D eigenvalue weighted by atomic mass is 10.1. The van der Waals surface area contributed by atoms with Crippen molar-refractivity contribution in [2.45, 2.75) is 19.5 Å². The number of aromatic nitrogens is 3. The third-order valence-corrected chi connectivity index (χ3v) is 4.61. The molecule has 0 fully saturated rings. The van der Waals surface area contributed by atoms with Gasteiger partial charge in [0.05, 0.1) is 5.69 Å². The van der Waals surface area contributed by atoms with Gasteiger partial charge in [0, 0.05) is 55.3 Å². The van der Waals surface area contributed by atoms with Crippen LogP contribution in [-0.2, 0) is 19.5 Å². The van der Waals surface area contributed by atoms with Crippen LogP contribution in [0.4, 0.5) is 4.39 Å². The number of H-pyrrole nitrogens is 1. The molecule has 0 saturated carbocycles. The first-order chi connectivity index (χ1) is 12.2. The van der Waals surface area contributed by atoms with Crippen molar-refractivity contribution in [2.24, 2.45) is 0 Å². The molecule has 6 heteroatoms. The summed E-state index contributed by atoms with van der Waals surface area (Å²) >= 11 is 5.08.